The molecule has 0 radical (unpaired) electrons. The number of hydrogen-bond acceptors (Lipinski definition) is 2. The van der Waals surface area contributed by atoms with Gasteiger partial charge in [0.25, 0.3) is 0 Å². The van der Waals surface area contributed by atoms with Crippen LogP contribution in [0.15, 0.2) is 0 Å². The van der Waals surface area contributed by atoms with Crippen LogP contribution in [-0.2, 0) is 0 Å². The van der Waals surface area contributed by atoms with Gasteiger partial charge in [-0.2, -0.15) is 6.42 Å². The van der Waals surface area contributed by atoms with Crippen LogP contribution in [0.3, 0.4) is 0 Å². The molecule has 1 unspecified atom stereocenters. The van der Waals surface area contributed by atoms with Gasteiger partial charge >= 0.3 is 58.2 Å². The first-order valence-electron chi connectivity index (χ1n) is 2.99. The molecule has 0 aromatic rings. The second kappa shape index (κ2) is 5.39. The molecule has 1 saturated heterocycles. The number of aliphatic hydroxyl groups is 1. The third-order valence-corrected chi connectivity index (χ3v) is 1.67. The molecule has 0 amide bonds. The molecule has 48 valence electrons. The molecule has 0 aliphatic carbocycles. The van der Waals surface area contributed by atoms with Crippen molar-refractivity contribution in [2.75, 3.05) is 20.2 Å². The number of nitrogens with zero attached hydrogens (tertiary/aromatic N) is 1. The SMILES string of the molecule is CN1CC[CH-]C1CO.[Rb+]. The van der Waals surface area contributed by atoms with Gasteiger partial charge in [-0.15, -0.1) is 0 Å². The minimum atomic E-state index is 0. The van der Waals surface area contributed by atoms with Gasteiger partial charge in [0, 0.05) is 6.61 Å². The summed E-state index contributed by atoms with van der Waals surface area (Å²) in [6.07, 6.45) is 3.28. The minimum Gasteiger partial charge on any atom is -0.398 e. The standard InChI is InChI=1S/C6H12NO.Rb/c1-7-4-2-3-6(7)5-8;/h3,6,8H,2,4-5H2,1H3;/q-1;+1. The first kappa shape index (κ1) is 10.7. The molecule has 0 spiro atoms. The number of likely N-dealkylation sites (tertiary alicyclic amines) is 1. The fraction of sp³-hybridized carbons (Fsp3) is 0.833. The molecular formula is C6H12NORb. The van der Waals surface area contributed by atoms with Crippen molar-refractivity contribution >= 4 is 0 Å². The Morgan fingerprint density at radius 2 is 2.44 bits per heavy atom. The van der Waals surface area contributed by atoms with E-state index < -0.39 is 0 Å². The molecule has 1 N–H and O–H groups in total. The first-order valence-corrected chi connectivity index (χ1v) is 2.99. The third-order valence-electron chi connectivity index (χ3n) is 1.67. The summed E-state index contributed by atoms with van der Waals surface area (Å²) in [5.74, 6) is 0. The van der Waals surface area contributed by atoms with Crippen LogP contribution in [0.2, 0.25) is 0 Å². The molecule has 0 saturated carbocycles. The van der Waals surface area contributed by atoms with E-state index in [1.807, 2.05) is 7.05 Å². The zero-order valence-electron chi connectivity index (χ0n) is 6.17. The van der Waals surface area contributed by atoms with Crippen molar-refractivity contribution in [2.45, 2.75) is 12.5 Å². The van der Waals surface area contributed by atoms with E-state index in [1.165, 1.54) is 0 Å². The second-order valence-electron chi connectivity index (χ2n) is 2.25. The molecule has 0 aromatic heterocycles. The third kappa shape index (κ3) is 3.08. The summed E-state index contributed by atoms with van der Waals surface area (Å²) in [6.45, 7) is 1.38. The van der Waals surface area contributed by atoms with Crippen molar-refractivity contribution in [3.63, 3.8) is 0 Å². The Hall–Kier alpha value is 1.73. The van der Waals surface area contributed by atoms with Gasteiger partial charge in [-0.1, -0.05) is 6.04 Å². The quantitative estimate of drug-likeness (QED) is 0.452. The van der Waals surface area contributed by atoms with Crippen LogP contribution in [-0.4, -0.2) is 36.2 Å². The molecule has 1 aliphatic heterocycles. The minimum absolute atomic E-state index is 0. The van der Waals surface area contributed by atoms with E-state index in [4.69, 9.17) is 5.11 Å². The van der Waals surface area contributed by atoms with Crippen molar-refractivity contribution in [3.05, 3.63) is 6.42 Å². The van der Waals surface area contributed by atoms with Crippen LogP contribution in [0.25, 0.3) is 0 Å². The molecule has 1 atom stereocenters. The molecule has 1 aliphatic rings. The van der Waals surface area contributed by atoms with Gasteiger partial charge in [-0.25, -0.2) is 0 Å². The van der Waals surface area contributed by atoms with E-state index >= 15 is 0 Å². The molecule has 0 aromatic carbocycles. The smallest absolute Gasteiger partial charge is 0.398 e. The first-order chi connectivity index (χ1) is 3.84. The van der Waals surface area contributed by atoms with Crippen molar-refractivity contribution < 1.29 is 63.3 Å². The van der Waals surface area contributed by atoms with E-state index in [2.05, 4.69) is 11.3 Å². The predicted octanol–water partition coefficient (Wildman–Crippen LogP) is -3.11. The molecule has 1 heterocycles. The van der Waals surface area contributed by atoms with Crippen molar-refractivity contribution in [2.24, 2.45) is 0 Å². The molecule has 3 heteroatoms. The van der Waals surface area contributed by atoms with Gasteiger partial charge in [0.15, 0.2) is 0 Å². The van der Waals surface area contributed by atoms with E-state index in [9.17, 15) is 0 Å². The Labute approximate surface area is 105 Å². The van der Waals surface area contributed by atoms with Crippen molar-refractivity contribution in [3.8, 4) is 0 Å². The Balaban J connectivity index is 0.000000640. The van der Waals surface area contributed by atoms with E-state index in [1.54, 1.807) is 0 Å². The van der Waals surface area contributed by atoms with Crippen LogP contribution in [0.4, 0.5) is 0 Å². The van der Waals surface area contributed by atoms with Crippen LogP contribution < -0.4 is 58.2 Å². The van der Waals surface area contributed by atoms with Crippen LogP contribution in [0.5, 0.6) is 0 Å². The zero-order valence-corrected chi connectivity index (χ0v) is 11.1. The maximum atomic E-state index is 8.66. The van der Waals surface area contributed by atoms with Gasteiger partial charge in [-0.05, 0) is 13.6 Å². The molecular weight excluding hydrogens is 188 g/mol. The Kier molecular flexibility index (Phi) is 6.42. The molecule has 9 heavy (non-hydrogen) atoms. The van der Waals surface area contributed by atoms with E-state index in [0.29, 0.717) is 6.04 Å². The Bertz CT molecular complexity index is 79.5. The zero-order chi connectivity index (χ0) is 5.98. The van der Waals surface area contributed by atoms with E-state index in [0.717, 1.165) is 13.0 Å². The van der Waals surface area contributed by atoms with Gasteiger partial charge in [-0.3, -0.25) is 0 Å². The molecule has 1 fully saturated rings. The van der Waals surface area contributed by atoms with Crippen molar-refractivity contribution in [1.82, 2.24) is 4.90 Å². The largest absolute Gasteiger partial charge is 1.00 e. The normalized spacial score (nSPS) is 28.0. The Morgan fingerprint density at radius 3 is 2.67 bits per heavy atom. The van der Waals surface area contributed by atoms with Gasteiger partial charge in [0.2, 0.25) is 0 Å². The monoisotopic (exact) mass is 199 g/mol. The van der Waals surface area contributed by atoms with Gasteiger partial charge in [0.1, 0.15) is 0 Å². The van der Waals surface area contributed by atoms with E-state index in [-0.39, 0.29) is 64.8 Å². The fourth-order valence-electron chi connectivity index (χ4n) is 1.03. The van der Waals surface area contributed by atoms with Crippen molar-refractivity contribution in [1.29, 1.82) is 0 Å². The summed E-state index contributed by atoms with van der Waals surface area (Å²) < 4.78 is 0. The summed E-state index contributed by atoms with van der Waals surface area (Å²) in [4.78, 5) is 2.15. The molecule has 2 nitrogen and oxygen atoms in total. The average Bonchev–Trinajstić information content (AvgIpc) is 2.14. The summed E-state index contributed by atoms with van der Waals surface area (Å²) >= 11 is 0. The average molecular weight is 200 g/mol. The van der Waals surface area contributed by atoms with Crippen LogP contribution in [0, 0.1) is 6.42 Å². The maximum absolute atomic E-state index is 8.66. The number of aliphatic hydroxyl groups excluding tert-OH is 1. The number of hydrogen-bond donors (Lipinski definition) is 1. The van der Waals surface area contributed by atoms with Crippen LogP contribution >= 0.6 is 0 Å². The molecule has 1 rings (SSSR count). The van der Waals surface area contributed by atoms with Gasteiger partial charge < -0.3 is 16.4 Å². The summed E-state index contributed by atoms with van der Waals surface area (Å²) in [6, 6.07) is 0.329. The van der Waals surface area contributed by atoms with Gasteiger partial charge in [0.05, 0.1) is 0 Å². The summed E-state index contributed by atoms with van der Waals surface area (Å²) in [7, 11) is 2.03. The Morgan fingerprint density at radius 1 is 1.78 bits per heavy atom. The predicted molar refractivity (Wildman–Crippen MR) is 32.4 cm³/mol. The number of likely N-dealkylation sites (N-methyl/N-ethyl adjacent to an activating group) is 1. The molecule has 0 bridgehead atoms. The summed E-state index contributed by atoms with van der Waals surface area (Å²) in [5.41, 5.74) is 0. The topological polar surface area (TPSA) is 23.5 Å². The maximum Gasteiger partial charge on any atom is 1.00 e. The number of rotatable bonds is 1. The van der Waals surface area contributed by atoms with Crippen LogP contribution in [0.1, 0.15) is 6.42 Å². The second-order valence-corrected chi connectivity index (χ2v) is 2.25. The summed E-state index contributed by atoms with van der Waals surface area (Å²) in [5, 5.41) is 8.66. The fourth-order valence-corrected chi connectivity index (χ4v) is 1.03.